The van der Waals surface area contributed by atoms with Crippen LogP contribution in [0.5, 0.6) is 0 Å². The van der Waals surface area contributed by atoms with Gasteiger partial charge in [0.1, 0.15) is 0 Å². The smallest absolute Gasteiger partial charge is 0.0447 e. The van der Waals surface area contributed by atoms with E-state index in [1.165, 1.54) is 16.9 Å². The summed E-state index contributed by atoms with van der Waals surface area (Å²) in [4.78, 5) is 6.66. The molecule has 0 saturated heterocycles. The third-order valence-corrected chi connectivity index (χ3v) is 3.78. The number of aryl methyl sites for hydroxylation is 1. The summed E-state index contributed by atoms with van der Waals surface area (Å²) in [7, 11) is 0. The minimum absolute atomic E-state index is 0.537. The molecule has 98 valence electrons. The summed E-state index contributed by atoms with van der Waals surface area (Å²) >= 11 is 0. The molecule has 1 aliphatic heterocycles. The van der Waals surface area contributed by atoms with Crippen LogP contribution in [0, 0.1) is 6.92 Å². The molecule has 0 bridgehead atoms. The molecule has 2 N–H and O–H groups in total. The molecule has 3 heteroatoms. The summed E-state index contributed by atoms with van der Waals surface area (Å²) in [6, 6.07) is 12.9. The topological polar surface area (TPSA) is 42.1 Å². The van der Waals surface area contributed by atoms with Crippen molar-refractivity contribution in [2.45, 2.75) is 19.3 Å². The number of para-hydroxylation sites is 1. The number of fused-ring (bicyclic) bond motifs is 1. The van der Waals surface area contributed by atoms with Crippen molar-refractivity contribution in [3.05, 3.63) is 53.9 Å². The molecule has 2 aromatic rings. The van der Waals surface area contributed by atoms with Crippen molar-refractivity contribution < 1.29 is 0 Å². The van der Waals surface area contributed by atoms with Gasteiger partial charge >= 0.3 is 0 Å². The van der Waals surface area contributed by atoms with Gasteiger partial charge in [0.25, 0.3) is 0 Å². The Labute approximate surface area is 114 Å². The second-order valence-electron chi connectivity index (χ2n) is 5.10. The number of hydrogen-bond acceptors (Lipinski definition) is 3. The van der Waals surface area contributed by atoms with Crippen LogP contribution in [0.15, 0.2) is 42.6 Å². The van der Waals surface area contributed by atoms with E-state index in [4.69, 9.17) is 5.73 Å². The first-order valence-corrected chi connectivity index (χ1v) is 6.79. The summed E-state index contributed by atoms with van der Waals surface area (Å²) in [5, 5.41) is 0. The summed E-state index contributed by atoms with van der Waals surface area (Å²) in [5.74, 6) is 0.537. The maximum absolute atomic E-state index is 5.75. The van der Waals surface area contributed by atoms with Gasteiger partial charge in [-0.15, -0.1) is 0 Å². The van der Waals surface area contributed by atoms with Crippen LogP contribution in [0.4, 0.5) is 11.4 Å². The van der Waals surface area contributed by atoms with E-state index >= 15 is 0 Å². The number of nitrogens with zero attached hydrogens (tertiary/aromatic N) is 2. The Morgan fingerprint density at radius 2 is 2.16 bits per heavy atom. The van der Waals surface area contributed by atoms with Gasteiger partial charge in [-0.25, -0.2) is 0 Å². The highest BCUT2D eigenvalue weighted by Gasteiger charge is 2.28. The van der Waals surface area contributed by atoms with Crippen LogP contribution < -0.4 is 10.6 Å². The number of benzene rings is 1. The SMILES string of the molecule is Cc1cc(N2CC(CCN)c3ccccc32)ccn1. The van der Waals surface area contributed by atoms with Gasteiger partial charge in [-0.05, 0) is 43.7 Å². The zero-order valence-electron chi connectivity index (χ0n) is 11.2. The first-order chi connectivity index (χ1) is 9.29. The first-order valence-electron chi connectivity index (χ1n) is 6.79. The summed E-state index contributed by atoms with van der Waals surface area (Å²) < 4.78 is 0. The molecule has 2 heterocycles. The van der Waals surface area contributed by atoms with Gasteiger partial charge in [-0.1, -0.05) is 18.2 Å². The third-order valence-electron chi connectivity index (χ3n) is 3.78. The van der Waals surface area contributed by atoms with E-state index in [0.717, 1.165) is 25.2 Å². The number of rotatable bonds is 3. The average molecular weight is 253 g/mol. The molecule has 1 aromatic carbocycles. The zero-order valence-corrected chi connectivity index (χ0v) is 11.2. The number of anilines is 2. The van der Waals surface area contributed by atoms with Crippen LogP contribution in [0.3, 0.4) is 0 Å². The van der Waals surface area contributed by atoms with Gasteiger partial charge in [0.05, 0.1) is 0 Å². The monoisotopic (exact) mass is 253 g/mol. The molecule has 19 heavy (non-hydrogen) atoms. The lowest BCUT2D eigenvalue weighted by molar-refractivity contribution is 0.668. The van der Waals surface area contributed by atoms with E-state index in [9.17, 15) is 0 Å². The van der Waals surface area contributed by atoms with E-state index in [1.807, 2.05) is 13.1 Å². The standard InChI is InChI=1S/C16H19N3/c1-12-10-14(7-9-18-12)19-11-13(6-8-17)15-4-2-3-5-16(15)19/h2-5,7,9-10,13H,6,8,11,17H2,1H3. The fourth-order valence-corrected chi connectivity index (χ4v) is 2.89. The quantitative estimate of drug-likeness (QED) is 0.914. The van der Waals surface area contributed by atoms with Crippen LogP contribution >= 0.6 is 0 Å². The fourth-order valence-electron chi connectivity index (χ4n) is 2.89. The van der Waals surface area contributed by atoms with Gasteiger partial charge in [0.15, 0.2) is 0 Å². The van der Waals surface area contributed by atoms with E-state index < -0.39 is 0 Å². The van der Waals surface area contributed by atoms with Crippen LogP contribution in [-0.4, -0.2) is 18.1 Å². The van der Waals surface area contributed by atoms with E-state index in [1.54, 1.807) is 0 Å². The highest BCUT2D eigenvalue weighted by molar-refractivity contribution is 5.71. The van der Waals surface area contributed by atoms with E-state index in [2.05, 4.69) is 46.3 Å². The van der Waals surface area contributed by atoms with E-state index in [-0.39, 0.29) is 0 Å². The van der Waals surface area contributed by atoms with Crippen molar-refractivity contribution in [2.24, 2.45) is 5.73 Å². The molecule has 0 fully saturated rings. The molecule has 0 amide bonds. The molecular formula is C16H19N3. The number of hydrogen-bond donors (Lipinski definition) is 1. The maximum atomic E-state index is 5.75. The van der Waals surface area contributed by atoms with Gasteiger partial charge in [-0.2, -0.15) is 0 Å². The van der Waals surface area contributed by atoms with Crippen LogP contribution in [0.1, 0.15) is 23.6 Å². The lowest BCUT2D eigenvalue weighted by atomic mass is 9.98. The van der Waals surface area contributed by atoms with E-state index in [0.29, 0.717) is 5.92 Å². The molecule has 0 saturated carbocycles. The highest BCUT2D eigenvalue weighted by atomic mass is 15.2. The van der Waals surface area contributed by atoms with Gasteiger partial charge in [-0.3, -0.25) is 4.98 Å². The predicted molar refractivity (Wildman–Crippen MR) is 78.8 cm³/mol. The van der Waals surface area contributed by atoms with Crippen LogP contribution in [0.2, 0.25) is 0 Å². The molecular weight excluding hydrogens is 234 g/mol. The second kappa shape index (κ2) is 5.02. The van der Waals surface area contributed by atoms with Crippen LogP contribution in [-0.2, 0) is 0 Å². The lowest BCUT2D eigenvalue weighted by Gasteiger charge is -2.20. The number of nitrogens with two attached hydrogens (primary N) is 1. The lowest BCUT2D eigenvalue weighted by Crippen LogP contribution is -2.17. The molecule has 0 spiro atoms. The second-order valence-corrected chi connectivity index (χ2v) is 5.10. The summed E-state index contributed by atoms with van der Waals surface area (Å²) in [6.45, 7) is 3.78. The molecule has 3 rings (SSSR count). The zero-order chi connectivity index (χ0) is 13.2. The Morgan fingerprint density at radius 1 is 1.32 bits per heavy atom. The van der Waals surface area contributed by atoms with Crippen molar-refractivity contribution in [2.75, 3.05) is 18.0 Å². The molecule has 1 unspecified atom stereocenters. The molecule has 0 radical (unpaired) electrons. The van der Waals surface area contributed by atoms with Gasteiger partial charge < -0.3 is 10.6 Å². The minimum Gasteiger partial charge on any atom is -0.341 e. The Kier molecular flexibility index (Phi) is 3.22. The molecule has 1 aromatic heterocycles. The summed E-state index contributed by atoms with van der Waals surface area (Å²) in [5.41, 5.74) is 10.8. The Bertz CT molecular complexity index is 580. The third kappa shape index (κ3) is 2.22. The van der Waals surface area contributed by atoms with Gasteiger partial charge in [0.2, 0.25) is 0 Å². The summed E-state index contributed by atoms with van der Waals surface area (Å²) in [6.07, 6.45) is 2.92. The predicted octanol–water partition coefficient (Wildman–Crippen LogP) is 2.97. The highest BCUT2D eigenvalue weighted by Crippen LogP contribution is 2.41. The van der Waals surface area contributed by atoms with Crippen molar-refractivity contribution in [1.82, 2.24) is 4.98 Å². The number of pyridine rings is 1. The van der Waals surface area contributed by atoms with Crippen molar-refractivity contribution in [3.63, 3.8) is 0 Å². The molecule has 1 aliphatic rings. The van der Waals surface area contributed by atoms with Crippen LogP contribution in [0.25, 0.3) is 0 Å². The number of aromatic nitrogens is 1. The van der Waals surface area contributed by atoms with Crippen molar-refractivity contribution >= 4 is 11.4 Å². The molecule has 1 atom stereocenters. The largest absolute Gasteiger partial charge is 0.341 e. The molecule has 0 aliphatic carbocycles. The Balaban J connectivity index is 2.00. The Morgan fingerprint density at radius 3 is 2.95 bits per heavy atom. The Hall–Kier alpha value is -1.87. The van der Waals surface area contributed by atoms with Crippen molar-refractivity contribution in [3.8, 4) is 0 Å². The fraction of sp³-hybridized carbons (Fsp3) is 0.312. The van der Waals surface area contributed by atoms with Gasteiger partial charge in [0, 0.05) is 35.7 Å². The first kappa shape index (κ1) is 12.2. The minimum atomic E-state index is 0.537. The average Bonchev–Trinajstić information content (AvgIpc) is 2.79. The molecule has 3 nitrogen and oxygen atoms in total. The van der Waals surface area contributed by atoms with Crippen molar-refractivity contribution in [1.29, 1.82) is 0 Å². The maximum Gasteiger partial charge on any atom is 0.0447 e. The normalized spacial score (nSPS) is 17.6.